The van der Waals surface area contributed by atoms with Crippen molar-refractivity contribution in [3.05, 3.63) is 64.0 Å². The van der Waals surface area contributed by atoms with Gasteiger partial charge in [0.15, 0.2) is 5.78 Å². The molecule has 20 heavy (non-hydrogen) atoms. The minimum absolute atomic E-state index is 0.203. The fourth-order valence-corrected chi connectivity index (χ4v) is 2.53. The fraction of sp³-hybridized carbons (Fsp3) is 0.0714. The highest BCUT2D eigenvalue weighted by Gasteiger charge is 2.18. The van der Waals surface area contributed by atoms with Gasteiger partial charge in [0.25, 0.3) is 5.69 Å². The van der Waals surface area contributed by atoms with Gasteiger partial charge in [0.1, 0.15) is 5.82 Å². The van der Waals surface area contributed by atoms with Crippen LogP contribution >= 0.6 is 11.8 Å². The third-order valence-electron chi connectivity index (χ3n) is 2.62. The van der Waals surface area contributed by atoms with E-state index in [1.165, 1.54) is 31.2 Å². The van der Waals surface area contributed by atoms with Crippen LogP contribution in [-0.4, -0.2) is 10.7 Å². The van der Waals surface area contributed by atoms with Gasteiger partial charge < -0.3 is 0 Å². The Hall–Kier alpha value is -2.21. The average Bonchev–Trinajstić information content (AvgIpc) is 2.41. The maximum Gasteiger partial charge on any atom is 0.283 e. The number of hydrogen-bond donors (Lipinski definition) is 0. The lowest BCUT2D eigenvalue weighted by Crippen LogP contribution is -1.97. The second-order valence-corrected chi connectivity index (χ2v) is 5.11. The molecule has 2 aromatic rings. The van der Waals surface area contributed by atoms with Crippen molar-refractivity contribution in [1.82, 2.24) is 0 Å². The first-order valence-corrected chi connectivity index (χ1v) is 6.52. The molecule has 0 unspecified atom stereocenters. The molecule has 0 amide bonds. The molecule has 2 aromatic carbocycles. The Kier molecular flexibility index (Phi) is 4.14. The number of hydrogen-bond acceptors (Lipinski definition) is 4. The first-order chi connectivity index (χ1) is 9.49. The average molecular weight is 291 g/mol. The van der Waals surface area contributed by atoms with E-state index >= 15 is 0 Å². The zero-order valence-electron chi connectivity index (χ0n) is 10.5. The number of ketones is 1. The molecule has 0 saturated heterocycles. The lowest BCUT2D eigenvalue weighted by atomic mass is 10.1. The molecule has 0 heterocycles. The Labute approximate surface area is 118 Å². The van der Waals surface area contributed by atoms with Crippen LogP contribution < -0.4 is 0 Å². The van der Waals surface area contributed by atoms with E-state index in [0.29, 0.717) is 9.79 Å². The van der Waals surface area contributed by atoms with Gasteiger partial charge in [0.2, 0.25) is 0 Å². The van der Waals surface area contributed by atoms with Gasteiger partial charge in [-0.3, -0.25) is 14.9 Å². The molecule has 0 aliphatic heterocycles. The summed E-state index contributed by atoms with van der Waals surface area (Å²) in [6, 6.07) is 10.2. The van der Waals surface area contributed by atoms with Crippen molar-refractivity contribution in [2.24, 2.45) is 0 Å². The minimum atomic E-state index is -0.574. The van der Waals surface area contributed by atoms with Crippen molar-refractivity contribution < 1.29 is 14.1 Å². The number of Topliss-reactive ketones (excluding diaryl/α,β-unsaturated/α-hetero) is 1. The van der Waals surface area contributed by atoms with Crippen LogP contribution in [0.1, 0.15) is 17.3 Å². The fourth-order valence-electron chi connectivity index (χ4n) is 1.61. The van der Waals surface area contributed by atoms with Crippen LogP contribution in [0.5, 0.6) is 0 Å². The van der Waals surface area contributed by atoms with Gasteiger partial charge in [0, 0.05) is 16.5 Å². The van der Waals surface area contributed by atoms with Crippen LogP contribution in [0.15, 0.2) is 52.3 Å². The summed E-state index contributed by atoms with van der Waals surface area (Å²) in [5.41, 5.74) is 0.0561. The molecule has 0 saturated carbocycles. The van der Waals surface area contributed by atoms with E-state index in [1.807, 2.05) is 0 Å². The number of carbonyl (C=O) groups excluding carboxylic acids is 1. The third-order valence-corrected chi connectivity index (χ3v) is 3.73. The summed E-state index contributed by atoms with van der Waals surface area (Å²) in [4.78, 5) is 22.3. The highest BCUT2D eigenvalue weighted by atomic mass is 32.2. The Balaban J connectivity index is 2.44. The van der Waals surface area contributed by atoms with E-state index in [4.69, 9.17) is 0 Å². The first kappa shape index (κ1) is 14.2. The molecular weight excluding hydrogens is 281 g/mol. The molecule has 0 aliphatic carbocycles. The Morgan fingerprint density at radius 2 is 1.90 bits per heavy atom. The zero-order valence-corrected chi connectivity index (χ0v) is 11.3. The van der Waals surface area contributed by atoms with Gasteiger partial charge >= 0.3 is 0 Å². The van der Waals surface area contributed by atoms with Crippen LogP contribution in [0.4, 0.5) is 10.1 Å². The molecule has 0 atom stereocenters. The molecule has 0 spiro atoms. The Bertz CT molecular complexity index is 688. The van der Waals surface area contributed by atoms with E-state index in [-0.39, 0.29) is 17.0 Å². The molecular formula is C14H10FNO3S. The largest absolute Gasteiger partial charge is 0.295 e. The standard InChI is InChI=1S/C14H10FNO3S/c1-9(17)10-6-7-14(12(8-10)16(18)19)20-13-5-3-2-4-11(13)15/h2-8H,1H3. The van der Waals surface area contributed by atoms with Crippen LogP contribution in [0.25, 0.3) is 0 Å². The number of benzene rings is 2. The van der Waals surface area contributed by atoms with Gasteiger partial charge in [-0.15, -0.1) is 0 Å². The highest BCUT2D eigenvalue weighted by Crippen LogP contribution is 2.36. The molecule has 0 aliphatic rings. The molecule has 2 rings (SSSR count). The summed E-state index contributed by atoms with van der Waals surface area (Å²) in [6.45, 7) is 1.34. The smallest absolute Gasteiger partial charge is 0.283 e. The quantitative estimate of drug-likeness (QED) is 0.483. The monoisotopic (exact) mass is 291 g/mol. The second kappa shape index (κ2) is 5.83. The lowest BCUT2D eigenvalue weighted by molar-refractivity contribution is -0.387. The number of nitro groups is 1. The van der Waals surface area contributed by atoms with Gasteiger partial charge in [-0.05, 0) is 31.2 Å². The summed E-state index contributed by atoms with van der Waals surface area (Å²) in [5, 5.41) is 11.1. The molecule has 4 nitrogen and oxygen atoms in total. The van der Waals surface area contributed by atoms with Crippen molar-refractivity contribution in [1.29, 1.82) is 0 Å². The maximum absolute atomic E-state index is 13.6. The molecule has 0 N–H and O–H groups in total. The molecule has 0 radical (unpaired) electrons. The second-order valence-electron chi connectivity index (χ2n) is 4.03. The van der Waals surface area contributed by atoms with Crippen LogP contribution in [-0.2, 0) is 0 Å². The summed E-state index contributed by atoms with van der Waals surface area (Å²) in [5.74, 6) is -0.696. The van der Waals surface area contributed by atoms with E-state index in [0.717, 1.165) is 11.8 Å². The summed E-state index contributed by atoms with van der Waals surface area (Å²) in [6.07, 6.45) is 0. The topological polar surface area (TPSA) is 60.2 Å². The van der Waals surface area contributed by atoms with E-state index in [1.54, 1.807) is 18.2 Å². The molecule has 102 valence electrons. The number of carbonyl (C=O) groups is 1. The van der Waals surface area contributed by atoms with Crippen LogP contribution in [0.3, 0.4) is 0 Å². The maximum atomic E-state index is 13.6. The normalized spacial score (nSPS) is 10.3. The molecule has 6 heteroatoms. The van der Waals surface area contributed by atoms with E-state index < -0.39 is 10.7 Å². The van der Waals surface area contributed by atoms with Gasteiger partial charge in [-0.2, -0.15) is 0 Å². The predicted octanol–water partition coefficient (Wildman–Crippen LogP) is 4.09. The SMILES string of the molecule is CC(=O)c1ccc(Sc2ccccc2F)c([N+](=O)[O-])c1. The third kappa shape index (κ3) is 3.03. The van der Waals surface area contributed by atoms with Crippen molar-refractivity contribution in [3.63, 3.8) is 0 Å². The summed E-state index contributed by atoms with van der Waals surface area (Å²) < 4.78 is 13.6. The van der Waals surface area contributed by atoms with E-state index in [2.05, 4.69) is 0 Å². The molecule has 0 aromatic heterocycles. The number of rotatable bonds is 4. The number of nitrogens with zero attached hydrogens (tertiary/aromatic N) is 1. The predicted molar refractivity (Wildman–Crippen MR) is 73.6 cm³/mol. The molecule has 0 bridgehead atoms. The minimum Gasteiger partial charge on any atom is -0.295 e. The lowest BCUT2D eigenvalue weighted by Gasteiger charge is -2.05. The van der Waals surface area contributed by atoms with Crippen LogP contribution in [0.2, 0.25) is 0 Å². The summed E-state index contributed by atoms with van der Waals surface area (Å²) >= 11 is 0.962. The van der Waals surface area contributed by atoms with Crippen molar-refractivity contribution >= 4 is 23.2 Å². The van der Waals surface area contributed by atoms with Gasteiger partial charge in [-0.25, -0.2) is 4.39 Å². The van der Waals surface area contributed by atoms with Gasteiger partial charge in [-0.1, -0.05) is 23.9 Å². The molecule has 0 fully saturated rings. The van der Waals surface area contributed by atoms with Crippen LogP contribution in [0, 0.1) is 15.9 Å². The zero-order chi connectivity index (χ0) is 14.7. The number of nitro benzene ring substituents is 1. The van der Waals surface area contributed by atoms with E-state index in [9.17, 15) is 19.3 Å². The summed E-state index contributed by atoms with van der Waals surface area (Å²) in [7, 11) is 0. The van der Waals surface area contributed by atoms with Crippen molar-refractivity contribution in [2.75, 3.05) is 0 Å². The van der Waals surface area contributed by atoms with Gasteiger partial charge in [0.05, 0.1) is 9.82 Å². The number of halogens is 1. The Morgan fingerprint density at radius 3 is 2.50 bits per heavy atom. The van der Waals surface area contributed by atoms with Crippen molar-refractivity contribution in [3.8, 4) is 0 Å². The highest BCUT2D eigenvalue weighted by molar-refractivity contribution is 7.99. The first-order valence-electron chi connectivity index (χ1n) is 5.71. The Morgan fingerprint density at radius 1 is 1.20 bits per heavy atom. The van der Waals surface area contributed by atoms with Crippen molar-refractivity contribution in [2.45, 2.75) is 16.7 Å².